The van der Waals surface area contributed by atoms with Crippen LogP contribution in [0.1, 0.15) is 19.3 Å². The van der Waals surface area contributed by atoms with E-state index in [9.17, 15) is 4.79 Å². The number of hydrogen-bond donors (Lipinski definition) is 2. The van der Waals surface area contributed by atoms with E-state index in [0.717, 1.165) is 25.9 Å². The van der Waals surface area contributed by atoms with Crippen molar-refractivity contribution in [2.45, 2.75) is 25.4 Å². The Hall–Kier alpha value is -1.09. The molecule has 0 aliphatic carbocycles. The van der Waals surface area contributed by atoms with E-state index in [1.807, 2.05) is 0 Å². The molecule has 0 aromatic heterocycles. The predicted molar refractivity (Wildman–Crippen MR) is 174 cm³/mol. The highest BCUT2D eigenvalue weighted by Crippen LogP contribution is 2.06. The van der Waals surface area contributed by atoms with Gasteiger partial charge in [-0.2, -0.15) is 0 Å². The molecule has 0 radical (unpaired) electrons. The van der Waals surface area contributed by atoms with Crippen LogP contribution in [0.3, 0.4) is 0 Å². The first-order valence-electron chi connectivity index (χ1n) is 17.3. The Balaban J connectivity index is 1.60. The van der Waals surface area contributed by atoms with Crippen LogP contribution in [0.2, 0.25) is 0 Å². The number of rotatable bonds is 40. The maximum Gasteiger partial charge on any atom is 0.305 e. The third-order valence-corrected chi connectivity index (χ3v) is 6.42. The summed E-state index contributed by atoms with van der Waals surface area (Å²) < 4.78 is 70.9. The molecule has 1 aliphatic rings. The molecule has 1 rings (SSSR count). The lowest BCUT2D eigenvalue weighted by Crippen LogP contribution is -2.33. The first-order chi connectivity index (χ1) is 23.8. The molecular formula is C32H63NO15. The van der Waals surface area contributed by atoms with Gasteiger partial charge in [0.05, 0.1) is 178 Å². The number of carboxylic acid groups (broad SMARTS) is 1. The summed E-state index contributed by atoms with van der Waals surface area (Å²) in [6.45, 7) is 14.3. The molecule has 0 aromatic carbocycles. The van der Waals surface area contributed by atoms with Crippen LogP contribution in [0.4, 0.5) is 0 Å². The van der Waals surface area contributed by atoms with Crippen molar-refractivity contribution in [1.82, 2.24) is 5.32 Å². The van der Waals surface area contributed by atoms with Crippen LogP contribution in [-0.4, -0.2) is 195 Å². The number of piperidine rings is 1. The van der Waals surface area contributed by atoms with Crippen LogP contribution in [0.15, 0.2) is 0 Å². The summed E-state index contributed by atoms with van der Waals surface area (Å²) in [5.41, 5.74) is 0. The average Bonchev–Trinajstić information content (AvgIpc) is 3.09. The monoisotopic (exact) mass is 701 g/mol. The number of carbonyl (C=O) groups is 1. The van der Waals surface area contributed by atoms with Gasteiger partial charge < -0.3 is 72.0 Å². The van der Waals surface area contributed by atoms with Crippen molar-refractivity contribution in [3.63, 3.8) is 0 Å². The predicted octanol–water partition coefficient (Wildman–Crippen LogP) is 0.429. The highest BCUT2D eigenvalue weighted by atomic mass is 16.6. The van der Waals surface area contributed by atoms with Gasteiger partial charge in [-0.05, 0) is 25.9 Å². The van der Waals surface area contributed by atoms with Crippen LogP contribution in [0.5, 0.6) is 0 Å². The largest absolute Gasteiger partial charge is 0.481 e. The molecule has 0 bridgehead atoms. The molecule has 0 amide bonds. The molecule has 1 fully saturated rings. The van der Waals surface area contributed by atoms with Gasteiger partial charge in [-0.1, -0.05) is 0 Å². The van der Waals surface area contributed by atoms with E-state index in [4.69, 9.17) is 66.7 Å². The minimum absolute atomic E-state index is 0.00230. The van der Waals surface area contributed by atoms with Crippen molar-refractivity contribution in [3.8, 4) is 0 Å². The Bertz CT molecular complexity index is 647. The summed E-state index contributed by atoms with van der Waals surface area (Å²) in [5.74, 6) is -0.874. The Labute approximate surface area is 286 Å². The lowest BCUT2D eigenvalue weighted by atomic mass is 10.1. The number of nitrogens with one attached hydrogen (secondary N) is 1. The number of carboxylic acids is 1. The normalized spacial score (nSPS) is 13.8. The molecule has 0 unspecified atom stereocenters. The highest BCUT2D eigenvalue weighted by Gasteiger charge is 2.12. The highest BCUT2D eigenvalue weighted by molar-refractivity contribution is 5.66. The summed E-state index contributed by atoms with van der Waals surface area (Å²) in [7, 11) is 0. The second-order valence-corrected chi connectivity index (χ2v) is 10.3. The fraction of sp³-hybridized carbons (Fsp3) is 0.969. The molecule has 1 aliphatic heterocycles. The smallest absolute Gasteiger partial charge is 0.305 e. The van der Waals surface area contributed by atoms with Crippen molar-refractivity contribution >= 4 is 5.97 Å². The second kappa shape index (κ2) is 38.7. The molecule has 48 heavy (non-hydrogen) atoms. The van der Waals surface area contributed by atoms with Crippen molar-refractivity contribution < 1.29 is 71.5 Å². The lowest BCUT2D eigenvalue weighted by molar-refractivity contribution is -0.138. The molecule has 286 valence electrons. The van der Waals surface area contributed by atoms with E-state index in [1.165, 1.54) is 0 Å². The zero-order chi connectivity index (χ0) is 34.3. The van der Waals surface area contributed by atoms with Gasteiger partial charge in [0.25, 0.3) is 0 Å². The average molecular weight is 702 g/mol. The van der Waals surface area contributed by atoms with Gasteiger partial charge in [0.1, 0.15) is 0 Å². The zero-order valence-electron chi connectivity index (χ0n) is 29.0. The third-order valence-electron chi connectivity index (χ3n) is 6.42. The second-order valence-electron chi connectivity index (χ2n) is 10.3. The summed E-state index contributed by atoms with van der Waals surface area (Å²) in [5, 5.41) is 11.8. The van der Waals surface area contributed by atoms with Crippen LogP contribution in [-0.2, 0) is 66.4 Å². The first kappa shape index (κ1) is 44.9. The topological polar surface area (TPSA) is 169 Å². The molecule has 0 spiro atoms. The lowest BCUT2D eigenvalue weighted by Gasteiger charge is -2.22. The maximum atomic E-state index is 10.3. The van der Waals surface area contributed by atoms with Crippen LogP contribution >= 0.6 is 0 Å². The van der Waals surface area contributed by atoms with Crippen molar-refractivity contribution in [2.75, 3.05) is 178 Å². The molecule has 0 atom stereocenters. The van der Waals surface area contributed by atoms with E-state index in [-0.39, 0.29) is 13.0 Å². The fourth-order valence-corrected chi connectivity index (χ4v) is 3.92. The van der Waals surface area contributed by atoms with Gasteiger partial charge in [-0.25, -0.2) is 0 Å². The number of ether oxygens (including phenoxy) is 13. The fourth-order valence-electron chi connectivity index (χ4n) is 3.92. The van der Waals surface area contributed by atoms with Crippen molar-refractivity contribution in [3.05, 3.63) is 0 Å². The van der Waals surface area contributed by atoms with Crippen LogP contribution in [0.25, 0.3) is 0 Å². The molecular weight excluding hydrogens is 638 g/mol. The molecule has 1 heterocycles. The molecule has 1 saturated heterocycles. The van der Waals surface area contributed by atoms with Gasteiger partial charge in [0.2, 0.25) is 0 Å². The molecule has 16 nitrogen and oxygen atoms in total. The summed E-state index contributed by atoms with van der Waals surface area (Å²) in [4.78, 5) is 10.3. The Kier molecular flexibility index (Phi) is 36.2. The van der Waals surface area contributed by atoms with Crippen LogP contribution in [0, 0.1) is 0 Å². The molecule has 0 aromatic rings. The Morgan fingerprint density at radius 1 is 0.396 bits per heavy atom. The summed E-state index contributed by atoms with van der Waals surface area (Å²) in [6, 6.07) is 0. The Morgan fingerprint density at radius 2 is 0.625 bits per heavy atom. The van der Waals surface area contributed by atoms with Crippen molar-refractivity contribution in [1.29, 1.82) is 0 Å². The van der Waals surface area contributed by atoms with E-state index in [2.05, 4.69) is 5.32 Å². The van der Waals surface area contributed by atoms with E-state index < -0.39 is 5.97 Å². The van der Waals surface area contributed by atoms with E-state index in [0.29, 0.717) is 165 Å². The van der Waals surface area contributed by atoms with Crippen molar-refractivity contribution in [2.24, 2.45) is 0 Å². The van der Waals surface area contributed by atoms with Gasteiger partial charge in [0, 0.05) is 0 Å². The number of hydrogen-bond acceptors (Lipinski definition) is 15. The van der Waals surface area contributed by atoms with E-state index in [1.54, 1.807) is 0 Å². The molecule has 0 saturated carbocycles. The number of aliphatic carboxylic acids is 1. The molecule has 2 N–H and O–H groups in total. The van der Waals surface area contributed by atoms with Gasteiger partial charge in [0.15, 0.2) is 0 Å². The quantitative estimate of drug-likeness (QED) is 0.0843. The van der Waals surface area contributed by atoms with Gasteiger partial charge >= 0.3 is 5.97 Å². The minimum atomic E-state index is -0.874. The zero-order valence-corrected chi connectivity index (χ0v) is 29.0. The summed E-state index contributed by atoms with van der Waals surface area (Å²) >= 11 is 0. The van der Waals surface area contributed by atoms with Crippen LogP contribution < -0.4 is 5.32 Å². The minimum Gasteiger partial charge on any atom is -0.481 e. The first-order valence-corrected chi connectivity index (χ1v) is 17.3. The third kappa shape index (κ3) is 36.2. The standard InChI is InChI=1S/C32H63NO15/c34-32(35)3-6-36-7-8-37-9-10-38-11-12-39-13-14-40-15-16-41-17-18-42-19-20-43-21-22-44-23-24-45-25-26-46-27-28-47-29-30-48-31-1-4-33-5-2-31/h31,33H,1-30H2,(H,34,35). The summed E-state index contributed by atoms with van der Waals surface area (Å²) in [6.07, 6.45) is 2.52. The van der Waals surface area contributed by atoms with E-state index >= 15 is 0 Å². The van der Waals surface area contributed by atoms with Gasteiger partial charge in [-0.3, -0.25) is 4.79 Å². The molecule has 16 heteroatoms. The SMILES string of the molecule is O=C(O)CCOCCOCCOCCOCCOCCOCCOCCOCCOCCOCCOCCOCCOC1CCNCC1. The van der Waals surface area contributed by atoms with Gasteiger partial charge in [-0.15, -0.1) is 0 Å². The Morgan fingerprint density at radius 3 is 0.875 bits per heavy atom. The maximum absolute atomic E-state index is 10.3.